The molecule has 2 amide bonds. The number of fused-ring (bicyclic) bond motifs is 1. The summed E-state index contributed by atoms with van der Waals surface area (Å²) in [5.74, 6) is -1.77. The van der Waals surface area contributed by atoms with Gasteiger partial charge >= 0.3 is 5.91 Å². The molecule has 1 fully saturated rings. The van der Waals surface area contributed by atoms with E-state index in [0.717, 1.165) is 0 Å². The lowest BCUT2D eigenvalue weighted by Crippen LogP contribution is -2.42. The maximum absolute atomic E-state index is 13.3. The molecule has 1 aromatic carbocycles. The summed E-state index contributed by atoms with van der Waals surface area (Å²) in [6.45, 7) is 1.62. The summed E-state index contributed by atoms with van der Waals surface area (Å²) >= 11 is 0. The van der Waals surface area contributed by atoms with Gasteiger partial charge in [0.25, 0.3) is 0 Å². The summed E-state index contributed by atoms with van der Waals surface area (Å²) in [7, 11) is -3.05. The highest BCUT2D eigenvalue weighted by molar-refractivity contribution is 7.91. The number of hydrogen-bond acceptors (Lipinski definition) is 5. The third kappa shape index (κ3) is 3.81. The lowest BCUT2D eigenvalue weighted by atomic mass is 10.1. The van der Waals surface area contributed by atoms with Crippen LogP contribution >= 0.6 is 0 Å². The van der Waals surface area contributed by atoms with Crippen LogP contribution in [0.4, 0.5) is 4.39 Å². The van der Waals surface area contributed by atoms with Gasteiger partial charge in [0.05, 0.1) is 11.5 Å². The van der Waals surface area contributed by atoms with E-state index in [9.17, 15) is 22.4 Å². The van der Waals surface area contributed by atoms with Crippen LogP contribution in [-0.2, 0) is 14.6 Å². The highest BCUT2D eigenvalue weighted by Crippen LogP contribution is 2.26. The van der Waals surface area contributed by atoms with E-state index in [0.29, 0.717) is 23.0 Å². The van der Waals surface area contributed by atoms with Gasteiger partial charge in [-0.3, -0.25) is 20.4 Å². The van der Waals surface area contributed by atoms with Crippen LogP contribution in [0.1, 0.15) is 29.0 Å². The predicted molar refractivity (Wildman–Crippen MR) is 87.9 cm³/mol. The number of rotatable bonds is 3. The Bertz CT molecular complexity index is 951. The molecule has 1 aliphatic heterocycles. The number of sulfone groups is 1. The van der Waals surface area contributed by atoms with E-state index in [1.54, 1.807) is 6.92 Å². The zero-order valence-electron chi connectivity index (χ0n) is 13.5. The van der Waals surface area contributed by atoms with Crippen molar-refractivity contribution in [3.63, 3.8) is 0 Å². The number of hydrazine groups is 1. The third-order valence-electron chi connectivity index (χ3n) is 4.22. The summed E-state index contributed by atoms with van der Waals surface area (Å²) in [4.78, 5) is 24.0. The third-order valence-corrected chi connectivity index (χ3v) is 6.06. The Kier molecular flexibility index (Phi) is 4.51. The van der Waals surface area contributed by atoms with Gasteiger partial charge in [0.2, 0.25) is 5.91 Å². The zero-order valence-corrected chi connectivity index (χ0v) is 14.3. The molecule has 1 aromatic heterocycles. The van der Waals surface area contributed by atoms with Crippen molar-refractivity contribution < 1.29 is 26.8 Å². The minimum Gasteiger partial charge on any atom is -0.451 e. The molecule has 0 unspecified atom stereocenters. The SMILES string of the molecule is Cc1c(C(=O)NNC(=O)C[C@@H]2CCS(=O)(=O)C2)oc2ccc(F)cc12. The molecule has 2 aromatic rings. The molecule has 0 saturated carbocycles. The van der Waals surface area contributed by atoms with Crippen LogP contribution in [-0.4, -0.2) is 31.7 Å². The van der Waals surface area contributed by atoms with Crippen LogP contribution < -0.4 is 10.9 Å². The molecular formula is C16H17FN2O5S. The number of carbonyl (C=O) groups excluding carboxylic acids is 2. The molecule has 7 nitrogen and oxygen atoms in total. The highest BCUT2D eigenvalue weighted by atomic mass is 32.2. The van der Waals surface area contributed by atoms with Crippen LogP contribution in [0.3, 0.4) is 0 Å². The van der Waals surface area contributed by atoms with Crippen molar-refractivity contribution in [3.8, 4) is 0 Å². The molecule has 3 rings (SSSR count). The number of carbonyl (C=O) groups is 2. The maximum Gasteiger partial charge on any atom is 0.305 e. The number of nitrogens with one attached hydrogen (secondary N) is 2. The minimum absolute atomic E-state index is 0.0113. The second-order valence-electron chi connectivity index (χ2n) is 6.17. The Balaban J connectivity index is 1.61. The van der Waals surface area contributed by atoms with Crippen molar-refractivity contribution in [2.45, 2.75) is 19.8 Å². The molecule has 2 heterocycles. The molecular weight excluding hydrogens is 351 g/mol. The van der Waals surface area contributed by atoms with E-state index in [1.165, 1.54) is 18.2 Å². The monoisotopic (exact) mass is 368 g/mol. The molecule has 1 aliphatic rings. The number of halogens is 1. The van der Waals surface area contributed by atoms with Crippen LogP contribution in [0.5, 0.6) is 0 Å². The number of benzene rings is 1. The molecule has 25 heavy (non-hydrogen) atoms. The molecule has 1 atom stereocenters. The first-order chi connectivity index (χ1) is 11.7. The Morgan fingerprint density at radius 1 is 1.32 bits per heavy atom. The average molecular weight is 368 g/mol. The van der Waals surface area contributed by atoms with E-state index >= 15 is 0 Å². The standard InChI is InChI=1S/C16H17FN2O5S/c1-9-12-7-11(17)2-3-13(12)24-15(9)16(21)19-18-14(20)6-10-4-5-25(22,23)8-10/h2-3,7,10H,4-6,8H2,1H3,(H,18,20)(H,19,21)/t10-/m0/s1. The average Bonchev–Trinajstić information content (AvgIpc) is 3.05. The van der Waals surface area contributed by atoms with Crippen molar-refractivity contribution in [2.75, 3.05) is 11.5 Å². The quantitative estimate of drug-likeness (QED) is 0.798. The molecule has 134 valence electrons. The van der Waals surface area contributed by atoms with Crippen molar-refractivity contribution in [1.29, 1.82) is 0 Å². The molecule has 0 radical (unpaired) electrons. The van der Waals surface area contributed by atoms with Crippen molar-refractivity contribution in [1.82, 2.24) is 10.9 Å². The van der Waals surface area contributed by atoms with E-state index in [-0.39, 0.29) is 29.6 Å². The van der Waals surface area contributed by atoms with Gasteiger partial charge in [-0.15, -0.1) is 0 Å². The Morgan fingerprint density at radius 3 is 2.76 bits per heavy atom. The smallest absolute Gasteiger partial charge is 0.305 e. The van der Waals surface area contributed by atoms with Gasteiger partial charge < -0.3 is 4.42 Å². The van der Waals surface area contributed by atoms with Gasteiger partial charge in [-0.25, -0.2) is 12.8 Å². The molecule has 9 heteroatoms. The highest BCUT2D eigenvalue weighted by Gasteiger charge is 2.29. The summed E-state index contributed by atoms with van der Waals surface area (Å²) in [5.41, 5.74) is 5.31. The number of aryl methyl sites for hydroxylation is 1. The molecule has 2 N–H and O–H groups in total. The summed E-state index contributed by atoms with van der Waals surface area (Å²) in [6.07, 6.45) is 0.460. The van der Waals surface area contributed by atoms with Gasteiger partial charge in [-0.05, 0) is 37.5 Å². The largest absolute Gasteiger partial charge is 0.451 e. The second-order valence-corrected chi connectivity index (χ2v) is 8.40. The van der Waals surface area contributed by atoms with Gasteiger partial charge in [-0.1, -0.05) is 0 Å². The van der Waals surface area contributed by atoms with Crippen molar-refractivity contribution >= 4 is 32.6 Å². The first-order valence-electron chi connectivity index (χ1n) is 7.73. The minimum atomic E-state index is -3.05. The Labute approximate surface area is 143 Å². The van der Waals surface area contributed by atoms with Crippen molar-refractivity contribution in [2.24, 2.45) is 5.92 Å². The Hall–Kier alpha value is -2.42. The fourth-order valence-corrected chi connectivity index (χ4v) is 4.80. The number of hydrogen-bond donors (Lipinski definition) is 2. The van der Waals surface area contributed by atoms with Gasteiger partial charge in [0, 0.05) is 17.4 Å². The van der Waals surface area contributed by atoms with Gasteiger partial charge in [-0.2, -0.15) is 0 Å². The van der Waals surface area contributed by atoms with Crippen LogP contribution in [0, 0.1) is 18.7 Å². The van der Waals surface area contributed by atoms with Crippen molar-refractivity contribution in [3.05, 3.63) is 35.3 Å². The van der Waals surface area contributed by atoms with Crippen LogP contribution in [0.15, 0.2) is 22.6 Å². The normalized spacial score (nSPS) is 19.0. The lowest BCUT2D eigenvalue weighted by Gasteiger charge is -2.09. The number of furan rings is 1. The first kappa shape index (κ1) is 17.4. The maximum atomic E-state index is 13.3. The summed E-state index contributed by atoms with van der Waals surface area (Å²) in [5, 5.41) is 0.479. The van der Waals surface area contributed by atoms with E-state index in [2.05, 4.69) is 10.9 Å². The molecule has 0 spiro atoms. The van der Waals surface area contributed by atoms with Crippen LogP contribution in [0.2, 0.25) is 0 Å². The van der Waals surface area contributed by atoms with E-state index in [1.807, 2.05) is 0 Å². The fraction of sp³-hybridized carbons (Fsp3) is 0.375. The second kappa shape index (κ2) is 6.47. The van der Waals surface area contributed by atoms with Gasteiger partial charge in [0.15, 0.2) is 15.6 Å². The topological polar surface area (TPSA) is 105 Å². The summed E-state index contributed by atoms with van der Waals surface area (Å²) < 4.78 is 41.4. The Morgan fingerprint density at radius 2 is 2.08 bits per heavy atom. The summed E-state index contributed by atoms with van der Waals surface area (Å²) in [6, 6.07) is 3.92. The van der Waals surface area contributed by atoms with Crippen LogP contribution in [0.25, 0.3) is 11.0 Å². The van der Waals surface area contributed by atoms with E-state index in [4.69, 9.17) is 4.42 Å². The van der Waals surface area contributed by atoms with Gasteiger partial charge in [0.1, 0.15) is 11.4 Å². The predicted octanol–water partition coefficient (Wildman–Crippen LogP) is 1.47. The zero-order chi connectivity index (χ0) is 18.2. The molecule has 0 aliphatic carbocycles. The molecule has 1 saturated heterocycles. The first-order valence-corrected chi connectivity index (χ1v) is 9.55. The lowest BCUT2D eigenvalue weighted by molar-refractivity contribution is -0.122. The molecule has 0 bridgehead atoms. The number of amides is 2. The van der Waals surface area contributed by atoms with E-state index < -0.39 is 27.5 Å². The fourth-order valence-electron chi connectivity index (χ4n) is 2.94.